The molecule has 0 aliphatic rings. The molecule has 0 radical (unpaired) electrons. The van der Waals surface area contributed by atoms with Crippen molar-refractivity contribution in [3.05, 3.63) is 0 Å². The molecule has 6 nitrogen and oxygen atoms in total. The van der Waals surface area contributed by atoms with Crippen LogP contribution in [-0.2, 0) is 28.5 Å². The largest absolute Gasteiger partial charge is 0.466 e. The molecule has 6 heteroatoms. The molecule has 30 heavy (non-hydrogen) atoms. The maximum absolute atomic E-state index is 11.7. The van der Waals surface area contributed by atoms with Crippen molar-refractivity contribution in [1.29, 1.82) is 0 Å². The Balaban J connectivity index is 3.14. The number of hydrogen-bond donors (Lipinski definition) is 0. The van der Waals surface area contributed by atoms with Gasteiger partial charge in [0.15, 0.2) is 0 Å². The summed E-state index contributed by atoms with van der Waals surface area (Å²) < 4.78 is 27.0. The zero-order valence-electron chi connectivity index (χ0n) is 20.0. The molecule has 0 heterocycles. The van der Waals surface area contributed by atoms with Gasteiger partial charge < -0.3 is 23.7 Å². The van der Waals surface area contributed by atoms with Crippen LogP contribution in [0.4, 0.5) is 0 Å². The first kappa shape index (κ1) is 29.3. The summed E-state index contributed by atoms with van der Waals surface area (Å²) in [4.78, 5) is 11.7. The predicted molar refractivity (Wildman–Crippen MR) is 121 cm³/mol. The quantitative estimate of drug-likeness (QED) is 0.155. The standard InChI is InChI=1S/C24H48O6/c1-4-5-6-7-8-9-10-11-15-30-24(25)13-12-14-26-16-17-27-18-19-28-20-21-29-22-23(2)3/h23H,4-22H2,1-3H3. The first-order valence-electron chi connectivity index (χ1n) is 12.1. The minimum absolute atomic E-state index is 0.118. The maximum Gasteiger partial charge on any atom is 0.305 e. The highest BCUT2D eigenvalue weighted by Gasteiger charge is 2.02. The molecular weight excluding hydrogens is 384 g/mol. The maximum atomic E-state index is 11.7. The zero-order chi connectivity index (χ0) is 22.1. The molecule has 0 aromatic carbocycles. The lowest BCUT2D eigenvalue weighted by molar-refractivity contribution is -0.144. The molecule has 0 saturated carbocycles. The SMILES string of the molecule is CCCCCCCCCCOC(=O)CCCOCCOCCOCCOCC(C)C. The summed E-state index contributed by atoms with van der Waals surface area (Å²) in [5.41, 5.74) is 0. The lowest BCUT2D eigenvalue weighted by atomic mass is 10.1. The van der Waals surface area contributed by atoms with Gasteiger partial charge in [-0.15, -0.1) is 0 Å². The van der Waals surface area contributed by atoms with Crippen LogP contribution in [0.1, 0.15) is 85.0 Å². The minimum Gasteiger partial charge on any atom is -0.466 e. The fraction of sp³-hybridized carbons (Fsp3) is 0.958. The van der Waals surface area contributed by atoms with E-state index in [-0.39, 0.29) is 5.97 Å². The Labute approximate surface area is 185 Å². The average molecular weight is 433 g/mol. The van der Waals surface area contributed by atoms with E-state index in [1.54, 1.807) is 0 Å². The van der Waals surface area contributed by atoms with E-state index in [1.165, 1.54) is 38.5 Å². The molecule has 0 unspecified atom stereocenters. The van der Waals surface area contributed by atoms with Crippen molar-refractivity contribution < 1.29 is 28.5 Å². The number of carbonyl (C=O) groups excluding carboxylic acids is 1. The summed E-state index contributed by atoms with van der Waals surface area (Å²) in [7, 11) is 0. The highest BCUT2D eigenvalue weighted by molar-refractivity contribution is 5.69. The van der Waals surface area contributed by atoms with Crippen LogP contribution >= 0.6 is 0 Å². The Morgan fingerprint density at radius 2 is 1.10 bits per heavy atom. The van der Waals surface area contributed by atoms with Crippen molar-refractivity contribution >= 4 is 5.97 Å². The molecule has 180 valence electrons. The van der Waals surface area contributed by atoms with Gasteiger partial charge in [-0.05, 0) is 18.8 Å². The third kappa shape index (κ3) is 25.3. The molecule has 0 aliphatic carbocycles. The highest BCUT2D eigenvalue weighted by Crippen LogP contribution is 2.08. The van der Waals surface area contributed by atoms with Crippen molar-refractivity contribution in [3.63, 3.8) is 0 Å². The number of unbranched alkanes of at least 4 members (excludes halogenated alkanes) is 7. The van der Waals surface area contributed by atoms with Crippen LogP contribution in [0.2, 0.25) is 0 Å². The monoisotopic (exact) mass is 432 g/mol. The van der Waals surface area contributed by atoms with Gasteiger partial charge in [0, 0.05) is 19.6 Å². The Morgan fingerprint density at radius 1 is 0.600 bits per heavy atom. The summed E-state index contributed by atoms with van der Waals surface area (Å²) in [5.74, 6) is 0.436. The number of hydrogen-bond acceptors (Lipinski definition) is 6. The summed E-state index contributed by atoms with van der Waals surface area (Å²) in [6, 6.07) is 0. The van der Waals surface area contributed by atoms with Gasteiger partial charge in [-0.2, -0.15) is 0 Å². The van der Waals surface area contributed by atoms with E-state index < -0.39 is 0 Å². The Hall–Kier alpha value is -0.690. The van der Waals surface area contributed by atoms with E-state index in [1.807, 2.05) is 0 Å². The smallest absolute Gasteiger partial charge is 0.305 e. The molecule has 0 rings (SSSR count). The molecule has 0 spiro atoms. The second kappa shape index (κ2) is 24.6. The lowest BCUT2D eigenvalue weighted by Gasteiger charge is -2.08. The van der Waals surface area contributed by atoms with E-state index in [4.69, 9.17) is 23.7 Å². The summed E-state index contributed by atoms with van der Waals surface area (Å²) in [6.45, 7) is 11.8. The summed E-state index contributed by atoms with van der Waals surface area (Å²) in [6.07, 6.45) is 11.1. The molecule has 0 N–H and O–H groups in total. The number of esters is 1. The number of carbonyl (C=O) groups is 1. The van der Waals surface area contributed by atoms with Crippen LogP contribution in [0.15, 0.2) is 0 Å². The average Bonchev–Trinajstić information content (AvgIpc) is 2.72. The van der Waals surface area contributed by atoms with Crippen LogP contribution in [0, 0.1) is 5.92 Å². The van der Waals surface area contributed by atoms with Gasteiger partial charge in [-0.3, -0.25) is 4.79 Å². The third-order valence-electron chi connectivity index (χ3n) is 4.50. The second-order valence-electron chi connectivity index (χ2n) is 8.10. The number of ether oxygens (including phenoxy) is 5. The Morgan fingerprint density at radius 3 is 1.67 bits per heavy atom. The van der Waals surface area contributed by atoms with Gasteiger partial charge in [0.05, 0.1) is 46.2 Å². The first-order chi connectivity index (χ1) is 14.7. The van der Waals surface area contributed by atoms with Crippen LogP contribution in [0.3, 0.4) is 0 Å². The van der Waals surface area contributed by atoms with E-state index in [2.05, 4.69) is 20.8 Å². The molecule has 0 atom stereocenters. The van der Waals surface area contributed by atoms with E-state index in [0.29, 0.717) is 71.6 Å². The Bertz CT molecular complexity index is 349. The predicted octanol–water partition coefficient (Wildman–Crippen LogP) is 5.17. The third-order valence-corrected chi connectivity index (χ3v) is 4.50. The zero-order valence-corrected chi connectivity index (χ0v) is 20.0. The van der Waals surface area contributed by atoms with Crippen molar-refractivity contribution in [3.8, 4) is 0 Å². The molecule has 0 fully saturated rings. The molecule has 0 aromatic heterocycles. The minimum atomic E-state index is -0.118. The summed E-state index contributed by atoms with van der Waals surface area (Å²) in [5, 5.41) is 0. The van der Waals surface area contributed by atoms with E-state index >= 15 is 0 Å². The molecule has 0 amide bonds. The number of rotatable bonds is 24. The van der Waals surface area contributed by atoms with Gasteiger partial charge in [0.2, 0.25) is 0 Å². The van der Waals surface area contributed by atoms with Crippen molar-refractivity contribution in [1.82, 2.24) is 0 Å². The van der Waals surface area contributed by atoms with Gasteiger partial charge >= 0.3 is 5.97 Å². The van der Waals surface area contributed by atoms with Gasteiger partial charge in [-0.1, -0.05) is 65.7 Å². The fourth-order valence-corrected chi connectivity index (χ4v) is 2.79. The molecule has 0 saturated heterocycles. The lowest BCUT2D eigenvalue weighted by Crippen LogP contribution is -2.13. The molecular formula is C24H48O6. The van der Waals surface area contributed by atoms with E-state index in [0.717, 1.165) is 19.4 Å². The van der Waals surface area contributed by atoms with Gasteiger partial charge in [0.1, 0.15) is 0 Å². The second-order valence-corrected chi connectivity index (χ2v) is 8.10. The van der Waals surface area contributed by atoms with Crippen molar-refractivity contribution in [2.45, 2.75) is 85.0 Å². The van der Waals surface area contributed by atoms with Gasteiger partial charge in [0.25, 0.3) is 0 Å². The van der Waals surface area contributed by atoms with Crippen LogP contribution in [0.5, 0.6) is 0 Å². The Kier molecular flexibility index (Phi) is 24.0. The van der Waals surface area contributed by atoms with E-state index in [9.17, 15) is 4.79 Å². The normalized spacial score (nSPS) is 11.3. The van der Waals surface area contributed by atoms with Crippen LogP contribution in [-0.4, -0.2) is 65.4 Å². The topological polar surface area (TPSA) is 63.2 Å². The van der Waals surface area contributed by atoms with Crippen LogP contribution in [0.25, 0.3) is 0 Å². The molecule has 0 aliphatic heterocycles. The highest BCUT2D eigenvalue weighted by atomic mass is 16.6. The first-order valence-corrected chi connectivity index (χ1v) is 12.1. The summed E-state index contributed by atoms with van der Waals surface area (Å²) >= 11 is 0. The van der Waals surface area contributed by atoms with Crippen molar-refractivity contribution in [2.75, 3.05) is 59.5 Å². The van der Waals surface area contributed by atoms with Crippen molar-refractivity contribution in [2.24, 2.45) is 5.92 Å². The molecule has 0 aromatic rings. The molecule has 0 bridgehead atoms. The van der Waals surface area contributed by atoms with Gasteiger partial charge in [-0.25, -0.2) is 0 Å². The van der Waals surface area contributed by atoms with Crippen LogP contribution < -0.4 is 0 Å². The fourth-order valence-electron chi connectivity index (χ4n) is 2.79.